The highest BCUT2D eigenvalue weighted by atomic mass is 35.5. The number of carbonyl (C=O) groups is 3. The predicted molar refractivity (Wildman–Crippen MR) is 139 cm³/mol. The van der Waals surface area contributed by atoms with Crippen LogP contribution in [0.25, 0.3) is 11.0 Å². The largest absolute Gasteiger partial charge is 0.496 e. The lowest BCUT2D eigenvalue weighted by molar-refractivity contribution is -0.142. The molecule has 3 N–H and O–H groups in total. The summed E-state index contributed by atoms with van der Waals surface area (Å²) in [6, 6.07) is 7.96. The Labute approximate surface area is 218 Å². The van der Waals surface area contributed by atoms with Gasteiger partial charge in [0.15, 0.2) is 0 Å². The molecule has 0 bridgehead atoms. The first kappa shape index (κ1) is 27.7. The average molecular weight is 529 g/mol. The maximum atomic E-state index is 12.8. The monoisotopic (exact) mass is 528 g/mol. The minimum Gasteiger partial charge on any atom is -0.496 e. The van der Waals surface area contributed by atoms with Crippen molar-refractivity contribution in [3.63, 3.8) is 0 Å². The van der Waals surface area contributed by atoms with Crippen molar-refractivity contribution in [3.05, 3.63) is 74.1 Å². The summed E-state index contributed by atoms with van der Waals surface area (Å²) >= 11 is 5.87. The number of nitrogens with one attached hydrogen (secondary N) is 2. The van der Waals surface area contributed by atoms with E-state index in [1.165, 1.54) is 7.11 Å². The van der Waals surface area contributed by atoms with E-state index in [4.69, 9.17) is 20.8 Å². The third kappa shape index (κ3) is 6.48. The molecule has 0 aliphatic rings. The Bertz CT molecular complexity index is 1380. The molecule has 0 radical (unpaired) electrons. The van der Waals surface area contributed by atoms with Crippen molar-refractivity contribution in [2.45, 2.75) is 52.1 Å². The quantitative estimate of drug-likeness (QED) is 0.343. The maximum absolute atomic E-state index is 12.8. The lowest BCUT2D eigenvalue weighted by Crippen LogP contribution is -2.52. The summed E-state index contributed by atoms with van der Waals surface area (Å²) in [5.74, 6) is -1.83. The summed E-state index contributed by atoms with van der Waals surface area (Å²) in [7, 11) is 1.52. The summed E-state index contributed by atoms with van der Waals surface area (Å²) in [5.41, 5.74) is 1.86. The molecule has 10 heteroatoms. The molecule has 0 aliphatic carbocycles. The highest BCUT2D eigenvalue weighted by Gasteiger charge is 2.26. The number of rotatable bonds is 10. The third-order valence-corrected chi connectivity index (χ3v) is 6.49. The fraction of sp³-hybridized carbons (Fsp3) is 0.333. The second-order valence-corrected chi connectivity index (χ2v) is 9.13. The number of amides is 2. The third-order valence-electron chi connectivity index (χ3n) is 6.24. The zero-order valence-corrected chi connectivity index (χ0v) is 21.8. The van der Waals surface area contributed by atoms with Crippen molar-refractivity contribution in [2.24, 2.45) is 0 Å². The number of ether oxygens (including phenoxy) is 1. The Kier molecular flexibility index (Phi) is 8.94. The molecule has 0 saturated carbocycles. The molecule has 2 amide bonds. The molecule has 2 aromatic carbocycles. The van der Waals surface area contributed by atoms with Crippen LogP contribution >= 0.6 is 11.6 Å². The van der Waals surface area contributed by atoms with E-state index in [1.807, 2.05) is 0 Å². The SMILES string of the molecule is CC[C@H](NC(=O)Cc1c(C)c2ccc(OC)c(C)c2oc1=O)C(=O)N[C@@H](Cc1ccc(Cl)cc1)C(=O)O. The van der Waals surface area contributed by atoms with E-state index in [0.717, 1.165) is 0 Å². The second-order valence-electron chi connectivity index (χ2n) is 8.70. The molecule has 3 rings (SSSR count). The number of carboxylic acids is 1. The maximum Gasteiger partial charge on any atom is 0.340 e. The van der Waals surface area contributed by atoms with Crippen LogP contribution in [0.3, 0.4) is 0 Å². The van der Waals surface area contributed by atoms with Crippen LogP contribution in [0, 0.1) is 13.8 Å². The van der Waals surface area contributed by atoms with Gasteiger partial charge in [-0.05, 0) is 55.7 Å². The summed E-state index contributed by atoms with van der Waals surface area (Å²) in [6.45, 7) is 5.19. The van der Waals surface area contributed by atoms with Crippen molar-refractivity contribution in [1.82, 2.24) is 10.6 Å². The summed E-state index contributed by atoms with van der Waals surface area (Å²) in [5, 5.41) is 15.9. The van der Waals surface area contributed by atoms with Gasteiger partial charge in [-0.25, -0.2) is 9.59 Å². The zero-order chi connectivity index (χ0) is 27.3. The van der Waals surface area contributed by atoms with Gasteiger partial charge in [-0.1, -0.05) is 30.7 Å². The van der Waals surface area contributed by atoms with Gasteiger partial charge in [-0.2, -0.15) is 0 Å². The molecule has 1 aromatic heterocycles. The number of hydrogen-bond acceptors (Lipinski definition) is 6. The standard InChI is InChI=1S/C27H29ClN2O7/c1-5-20(25(32)30-21(26(33)34)12-16-6-8-17(28)9-7-16)29-23(31)13-19-14(2)18-10-11-22(36-4)15(3)24(18)37-27(19)35/h6-11,20-21H,5,12-13H2,1-4H3,(H,29,31)(H,30,32)(H,33,34)/t20-,21-/m0/s1. The van der Waals surface area contributed by atoms with Crippen molar-refractivity contribution in [2.75, 3.05) is 7.11 Å². The molecule has 0 saturated heterocycles. The summed E-state index contributed by atoms with van der Waals surface area (Å²) < 4.78 is 10.8. The fourth-order valence-corrected chi connectivity index (χ4v) is 4.21. The fourth-order valence-electron chi connectivity index (χ4n) is 4.08. The highest BCUT2D eigenvalue weighted by molar-refractivity contribution is 6.30. The number of halogens is 1. The van der Waals surface area contributed by atoms with Gasteiger partial charge in [-0.3, -0.25) is 9.59 Å². The Balaban J connectivity index is 1.73. The molecular weight excluding hydrogens is 500 g/mol. The van der Waals surface area contributed by atoms with Gasteiger partial charge in [0.05, 0.1) is 19.1 Å². The van der Waals surface area contributed by atoms with E-state index >= 15 is 0 Å². The van der Waals surface area contributed by atoms with Crippen LogP contribution in [0.4, 0.5) is 0 Å². The summed E-state index contributed by atoms with van der Waals surface area (Å²) in [4.78, 5) is 50.1. The molecule has 3 aromatic rings. The van der Waals surface area contributed by atoms with Gasteiger partial charge in [0, 0.05) is 22.4 Å². The number of benzene rings is 2. The lowest BCUT2D eigenvalue weighted by atomic mass is 10.0. The number of methoxy groups -OCH3 is 1. The minimum atomic E-state index is -1.21. The van der Waals surface area contributed by atoms with Crippen LogP contribution in [0.1, 0.15) is 35.6 Å². The molecular formula is C27H29ClN2O7. The van der Waals surface area contributed by atoms with Crippen molar-refractivity contribution in [1.29, 1.82) is 0 Å². The average Bonchev–Trinajstić information content (AvgIpc) is 2.86. The lowest BCUT2D eigenvalue weighted by Gasteiger charge is -2.21. The van der Waals surface area contributed by atoms with Crippen LogP contribution in [0.2, 0.25) is 5.02 Å². The van der Waals surface area contributed by atoms with Crippen molar-refractivity contribution >= 4 is 40.4 Å². The van der Waals surface area contributed by atoms with Crippen LogP contribution in [0.15, 0.2) is 45.6 Å². The molecule has 0 unspecified atom stereocenters. The van der Waals surface area contributed by atoms with Gasteiger partial charge in [-0.15, -0.1) is 0 Å². The minimum absolute atomic E-state index is 0.0458. The molecule has 0 aliphatic heterocycles. The van der Waals surface area contributed by atoms with E-state index in [1.54, 1.807) is 57.2 Å². The first-order valence-electron chi connectivity index (χ1n) is 11.7. The Morgan fingerprint density at radius 3 is 2.30 bits per heavy atom. The van der Waals surface area contributed by atoms with Crippen molar-refractivity contribution < 1.29 is 28.6 Å². The smallest absolute Gasteiger partial charge is 0.340 e. The van der Waals surface area contributed by atoms with Gasteiger partial charge in [0.25, 0.3) is 0 Å². The number of aliphatic carboxylic acids is 1. The Morgan fingerprint density at radius 2 is 1.70 bits per heavy atom. The Morgan fingerprint density at radius 1 is 1.03 bits per heavy atom. The number of hydrogen-bond donors (Lipinski definition) is 3. The first-order chi connectivity index (χ1) is 17.5. The topological polar surface area (TPSA) is 135 Å². The summed E-state index contributed by atoms with van der Waals surface area (Å²) in [6.07, 6.45) is -0.0363. The number of carboxylic acid groups (broad SMARTS) is 1. The van der Waals surface area contributed by atoms with E-state index in [2.05, 4.69) is 10.6 Å². The van der Waals surface area contributed by atoms with E-state index in [-0.39, 0.29) is 24.8 Å². The van der Waals surface area contributed by atoms with E-state index in [0.29, 0.717) is 38.4 Å². The van der Waals surface area contributed by atoms with E-state index in [9.17, 15) is 24.3 Å². The normalized spacial score (nSPS) is 12.6. The van der Waals surface area contributed by atoms with Crippen LogP contribution in [0.5, 0.6) is 5.75 Å². The van der Waals surface area contributed by atoms with Gasteiger partial charge in [0.1, 0.15) is 23.4 Å². The predicted octanol–water partition coefficient (Wildman–Crippen LogP) is 3.32. The van der Waals surface area contributed by atoms with Crippen LogP contribution in [-0.2, 0) is 27.2 Å². The molecule has 2 atom stereocenters. The second kappa shape index (κ2) is 11.9. The van der Waals surface area contributed by atoms with Gasteiger partial charge in [0.2, 0.25) is 11.8 Å². The molecule has 196 valence electrons. The first-order valence-corrected chi connectivity index (χ1v) is 12.1. The van der Waals surface area contributed by atoms with Crippen molar-refractivity contribution in [3.8, 4) is 5.75 Å². The molecule has 37 heavy (non-hydrogen) atoms. The van der Waals surface area contributed by atoms with Crippen LogP contribution in [-0.4, -0.2) is 42.1 Å². The van der Waals surface area contributed by atoms with E-state index < -0.39 is 35.5 Å². The number of fused-ring (bicyclic) bond motifs is 1. The number of carbonyl (C=O) groups excluding carboxylic acids is 2. The molecule has 1 heterocycles. The van der Waals surface area contributed by atoms with Gasteiger partial charge >= 0.3 is 11.6 Å². The number of aryl methyl sites for hydroxylation is 2. The van der Waals surface area contributed by atoms with Gasteiger partial charge < -0.3 is 24.9 Å². The molecule has 9 nitrogen and oxygen atoms in total. The molecule has 0 fully saturated rings. The van der Waals surface area contributed by atoms with Crippen LogP contribution < -0.4 is 21.0 Å². The highest BCUT2D eigenvalue weighted by Crippen LogP contribution is 2.29. The Hall–Kier alpha value is -3.85. The molecule has 0 spiro atoms. The zero-order valence-electron chi connectivity index (χ0n) is 21.0.